The third-order valence-electron chi connectivity index (χ3n) is 3.49. The summed E-state index contributed by atoms with van der Waals surface area (Å²) in [6.07, 6.45) is 2.71. The van der Waals surface area contributed by atoms with Crippen molar-refractivity contribution in [2.24, 2.45) is 0 Å². The molecule has 4 rings (SSSR count). The Labute approximate surface area is 156 Å². The van der Waals surface area contributed by atoms with E-state index in [1.807, 2.05) is 0 Å². The molecule has 0 atom stereocenters. The van der Waals surface area contributed by atoms with Gasteiger partial charge in [0.15, 0.2) is 16.6 Å². The Balaban J connectivity index is 1.41. The summed E-state index contributed by atoms with van der Waals surface area (Å²) < 4.78 is 10.4. The molecular formula is C18H12N4O4S. The number of nitrogens with one attached hydrogen (secondary N) is 2. The van der Waals surface area contributed by atoms with Crippen LogP contribution in [0, 0.1) is 0 Å². The largest absolute Gasteiger partial charge is 0.463 e. The Kier molecular flexibility index (Phi) is 4.50. The van der Waals surface area contributed by atoms with E-state index in [4.69, 9.17) is 8.83 Å². The monoisotopic (exact) mass is 380 g/mol. The molecule has 3 aromatic heterocycles. The van der Waals surface area contributed by atoms with Crippen LogP contribution in [0.2, 0.25) is 0 Å². The zero-order valence-corrected chi connectivity index (χ0v) is 14.5. The van der Waals surface area contributed by atoms with E-state index in [1.54, 1.807) is 54.1 Å². The first kappa shape index (κ1) is 16.7. The van der Waals surface area contributed by atoms with Gasteiger partial charge < -0.3 is 8.83 Å². The minimum atomic E-state index is -0.501. The van der Waals surface area contributed by atoms with Gasteiger partial charge >= 0.3 is 6.01 Å². The molecule has 4 aromatic rings. The lowest BCUT2D eigenvalue weighted by Crippen LogP contribution is -2.14. The summed E-state index contributed by atoms with van der Waals surface area (Å²) in [5, 5.41) is 7.29. The highest BCUT2D eigenvalue weighted by Gasteiger charge is 2.16. The number of thiazole rings is 1. The first-order valence-corrected chi connectivity index (χ1v) is 8.70. The smallest absolute Gasteiger partial charge is 0.302 e. The van der Waals surface area contributed by atoms with Crippen LogP contribution in [-0.4, -0.2) is 21.8 Å². The Morgan fingerprint density at radius 1 is 0.926 bits per heavy atom. The van der Waals surface area contributed by atoms with Crippen molar-refractivity contribution in [3.8, 4) is 11.5 Å². The minimum Gasteiger partial charge on any atom is -0.463 e. The highest BCUT2D eigenvalue weighted by molar-refractivity contribution is 7.14. The predicted octanol–water partition coefficient (Wildman–Crippen LogP) is 3.90. The standard InChI is InChI=1S/C18H12N4O4S/c23-15(11-5-2-1-3-6-11)21-17-19-12(9-26-17)16(24)22-18-20-13(10-27-18)14-7-4-8-25-14/h1-10H,(H,19,21,23)(H,20,22,24). The molecule has 0 saturated carbocycles. The first-order valence-electron chi connectivity index (χ1n) is 7.82. The van der Waals surface area contributed by atoms with Crippen LogP contribution in [0.3, 0.4) is 0 Å². The molecule has 0 fully saturated rings. The normalized spacial score (nSPS) is 10.5. The zero-order valence-electron chi connectivity index (χ0n) is 13.7. The summed E-state index contributed by atoms with van der Waals surface area (Å²) in [5.41, 5.74) is 1.10. The lowest BCUT2D eigenvalue weighted by molar-refractivity contribution is 0.101. The van der Waals surface area contributed by atoms with Gasteiger partial charge in [0.05, 0.1) is 6.26 Å². The number of anilines is 2. The number of benzene rings is 1. The fraction of sp³-hybridized carbons (Fsp3) is 0. The van der Waals surface area contributed by atoms with Gasteiger partial charge in [-0.2, -0.15) is 4.98 Å². The SMILES string of the molecule is O=C(Nc1nc(C(=O)Nc2nc(-c3ccco3)cs2)co1)c1ccccc1. The molecule has 0 saturated heterocycles. The molecule has 0 radical (unpaired) electrons. The third-order valence-corrected chi connectivity index (χ3v) is 4.25. The Hall–Kier alpha value is -3.72. The molecule has 2 amide bonds. The van der Waals surface area contributed by atoms with Gasteiger partial charge in [-0.3, -0.25) is 20.2 Å². The number of carbonyl (C=O) groups excluding carboxylic acids is 2. The van der Waals surface area contributed by atoms with Gasteiger partial charge in [0.25, 0.3) is 11.8 Å². The van der Waals surface area contributed by atoms with Gasteiger partial charge in [-0.1, -0.05) is 18.2 Å². The van der Waals surface area contributed by atoms with E-state index in [9.17, 15) is 9.59 Å². The lowest BCUT2D eigenvalue weighted by Gasteiger charge is -1.99. The molecule has 9 heteroatoms. The number of carbonyl (C=O) groups is 2. The Bertz CT molecular complexity index is 1070. The van der Waals surface area contributed by atoms with Crippen molar-refractivity contribution < 1.29 is 18.4 Å². The minimum absolute atomic E-state index is 0.0214. The molecule has 0 bridgehead atoms. The number of furan rings is 1. The van der Waals surface area contributed by atoms with E-state index in [1.165, 1.54) is 11.3 Å². The third kappa shape index (κ3) is 3.77. The van der Waals surface area contributed by atoms with Crippen molar-refractivity contribution in [2.75, 3.05) is 10.6 Å². The molecule has 2 N–H and O–H groups in total. The molecule has 0 unspecified atom stereocenters. The molecule has 0 aliphatic carbocycles. The summed E-state index contributed by atoms with van der Waals surface area (Å²) in [5.74, 6) is -0.272. The highest BCUT2D eigenvalue weighted by atomic mass is 32.1. The molecule has 1 aromatic carbocycles. The van der Waals surface area contributed by atoms with Crippen molar-refractivity contribution in [1.29, 1.82) is 0 Å². The topological polar surface area (TPSA) is 110 Å². The number of nitrogens with zero attached hydrogens (tertiary/aromatic N) is 2. The van der Waals surface area contributed by atoms with Crippen LogP contribution in [0.1, 0.15) is 20.8 Å². The zero-order chi connectivity index (χ0) is 18.6. The number of aromatic nitrogens is 2. The maximum Gasteiger partial charge on any atom is 0.302 e. The Morgan fingerprint density at radius 2 is 1.78 bits per heavy atom. The van der Waals surface area contributed by atoms with Crippen LogP contribution in [0.4, 0.5) is 11.1 Å². The average molecular weight is 380 g/mol. The second kappa shape index (κ2) is 7.26. The van der Waals surface area contributed by atoms with Gasteiger partial charge in [-0.15, -0.1) is 11.3 Å². The van der Waals surface area contributed by atoms with Crippen LogP contribution in [-0.2, 0) is 0 Å². The summed E-state index contributed by atoms with van der Waals surface area (Å²) in [6.45, 7) is 0. The van der Waals surface area contributed by atoms with E-state index in [0.29, 0.717) is 22.1 Å². The van der Waals surface area contributed by atoms with Crippen molar-refractivity contribution >= 4 is 34.3 Å². The number of hydrogen-bond donors (Lipinski definition) is 2. The van der Waals surface area contributed by atoms with E-state index in [0.717, 1.165) is 6.26 Å². The molecule has 134 valence electrons. The van der Waals surface area contributed by atoms with E-state index in [2.05, 4.69) is 20.6 Å². The van der Waals surface area contributed by atoms with Crippen molar-refractivity contribution in [2.45, 2.75) is 0 Å². The fourth-order valence-corrected chi connectivity index (χ4v) is 2.92. The van der Waals surface area contributed by atoms with E-state index >= 15 is 0 Å². The maximum absolute atomic E-state index is 12.3. The predicted molar refractivity (Wildman–Crippen MR) is 98.7 cm³/mol. The number of amides is 2. The van der Waals surface area contributed by atoms with Crippen LogP contribution in [0.25, 0.3) is 11.5 Å². The average Bonchev–Trinajstić information content (AvgIpc) is 3.44. The fourth-order valence-electron chi connectivity index (χ4n) is 2.22. The second-order valence-electron chi connectivity index (χ2n) is 5.33. The number of hydrogen-bond acceptors (Lipinski definition) is 7. The first-order chi connectivity index (χ1) is 13.2. The lowest BCUT2D eigenvalue weighted by atomic mass is 10.2. The van der Waals surface area contributed by atoms with Crippen molar-refractivity contribution in [1.82, 2.24) is 9.97 Å². The molecule has 0 aliphatic heterocycles. The van der Waals surface area contributed by atoms with Crippen molar-refractivity contribution in [3.05, 3.63) is 71.6 Å². The molecule has 27 heavy (non-hydrogen) atoms. The number of rotatable bonds is 5. The van der Waals surface area contributed by atoms with Crippen LogP contribution < -0.4 is 10.6 Å². The second-order valence-corrected chi connectivity index (χ2v) is 6.19. The molecule has 3 heterocycles. The van der Waals surface area contributed by atoms with E-state index < -0.39 is 5.91 Å². The molecule has 8 nitrogen and oxygen atoms in total. The van der Waals surface area contributed by atoms with E-state index in [-0.39, 0.29) is 17.6 Å². The van der Waals surface area contributed by atoms with Crippen molar-refractivity contribution in [3.63, 3.8) is 0 Å². The van der Waals surface area contributed by atoms with Crippen LogP contribution in [0.15, 0.2) is 69.2 Å². The molecule has 0 spiro atoms. The Morgan fingerprint density at radius 3 is 2.56 bits per heavy atom. The van der Waals surface area contributed by atoms with Gasteiger partial charge in [-0.25, -0.2) is 4.98 Å². The summed E-state index contributed by atoms with van der Waals surface area (Å²) >= 11 is 1.25. The summed E-state index contributed by atoms with van der Waals surface area (Å²) in [4.78, 5) is 32.6. The molecular weight excluding hydrogens is 368 g/mol. The van der Waals surface area contributed by atoms with Gasteiger partial charge in [0.2, 0.25) is 0 Å². The van der Waals surface area contributed by atoms with Crippen LogP contribution >= 0.6 is 11.3 Å². The van der Waals surface area contributed by atoms with Crippen LogP contribution in [0.5, 0.6) is 0 Å². The van der Waals surface area contributed by atoms with Gasteiger partial charge in [-0.05, 0) is 24.3 Å². The number of oxazole rings is 1. The van der Waals surface area contributed by atoms with Gasteiger partial charge in [0.1, 0.15) is 12.0 Å². The van der Waals surface area contributed by atoms with Gasteiger partial charge in [0, 0.05) is 10.9 Å². The quantitative estimate of drug-likeness (QED) is 0.543. The highest BCUT2D eigenvalue weighted by Crippen LogP contribution is 2.25. The summed E-state index contributed by atoms with van der Waals surface area (Å²) in [6, 6.07) is 12.1. The maximum atomic E-state index is 12.3. The molecule has 0 aliphatic rings. The summed E-state index contributed by atoms with van der Waals surface area (Å²) in [7, 11) is 0.